The van der Waals surface area contributed by atoms with Gasteiger partial charge in [0.15, 0.2) is 11.5 Å². The number of esters is 1. The summed E-state index contributed by atoms with van der Waals surface area (Å²) in [5.41, 5.74) is 0. The minimum Gasteiger partial charge on any atom is -0.487 e. The van der Waals surface area contributed by atoms with Crippen molar-refractivity contribution in [3.63, 3.8) is 0 Å². The van der Waals surface area contributed by atoms with Crippen LogP contribution in [0.3, 0.4) is 0 Å². The van der Waals surface area contributed by atoms with Gasteiger partial charge in [-0.15, -0.1) is 11.8 Å². The lowest BCUT2D eigenvalue weighted by Crippen LogP contribution is -2.39. The van der Waals surface area contributed by atoms with Crippen LogP contribution in [0.4, 0.5) is 0 Å². The van der Waals surface area contributed by atoms with E-state index in [2.05, 4.69) is 6.58 Å². The van der Waals surface area contributed by atoms with Gasteiger partial charge in [-0.3, -0.25) is 9.59 Å². The fourth-order valence-corrected chi connectivity index (χ4v) is 3.52. The molecule has 0 spiro atoms. The van der Waals surface area contributed by atoms with E-state index in [0.717, 1.165) is 5.75 Å². The number of para-hydroxylation sites is 2. The van der Waals surface area contributed by atoms with E-state index in [1.807, 2.05) is 24.3 Å². The lowest BCUT2D eigenvalue weighted by molar-refractivity contribution is -0.148. The number of carbonyl (C=O) groups is 2. The van der Waals surface area contributed by atoms with Gasteiger partial charge in [-0.25, -0.2) is 0 Å². The molecule has 1 aliphatic rings. The Bertz CT molecular complexity index is 607. The lowest BCUT2D eigenvalue weighted by Gasteiger charge is -2.24. The Morgan fingerprint density at radius 1 is 1.32 bits per heavy atom. The molecule has 1 fully saturated rings. The second-order valence-corrected chi connectivity index (χ2v) is 6.54. The van der Waals surface area contributed by atoms with Crippen LogP contribution in [0, 0.1) is 0 Å². The van der Waals surface area contributed by atoms with Gasteiger partial charge < -0.3 is 19.1 Å². The maximum atomic E-state index is 12.3. The van der Waals surface area contributed by atoms with Gasteiger partial charge in [-0.05, 0) is 19.1 Å². The highest BCUT2D eigenvalue weighted by atomic mass is 32.2. The molecule has 1 atom stereocenters. The van der Waals surface area contributed by atoms with Crippen LogP contribution in [-0.2, 0) is 14.3 Å². The third kappa shape index (κ3) is 5.70. The smallest absolute Gasteiger partial charge is 0.315 e. The maximum absolute atomic E-state index is 12.3. The molecular weight excluding hydrogens is 342 g/mol. The number of thioether (sulfide) groups is 1. The number of benzene rings is 1. The standard InChI is InChI=1S/C18H23NO5S/c1-3-10-23-14-7-5-6-8-15(14)24-13-17-19(9-11-25-17)16(20)12-18(21)22-4-2/h3,5-8,17H,1,4,9-13H2,2H3/t17-/m0/s1. The van der Waals surface area contributed by atoms with Gasteiger partial charge in [0.2, 0.25) is 5.91 Å². The minimum atomic E-state index is -0.493. The summed E-state index contributed by atoms with van der Waals surface area (Å²) >= 11 is 1.63. The summed E-state index contributed by atoms with van der Waals surface area (Å²) in [6.07, 6.45) is 1.43. The van der Waals surface area contributed by atoms with Crippen LogP contribution in [0.25, 0.3) is 0 Å². The molecule has 1 heterocycles. The summed E-state index contributed by atoms with van der Waals surface area (Å²) in [5.74, 6) is 1.35. The number of amides is 1. The average molecular weight is 365 g/mol. The second kappa shape index (κ2) is 9.98. The molecule has 6 nitrogen and oxygen atoms in total. The summed E-state index contributed by atoms with van der Waals surface area (Å²) < 4.78 is 16.3. The zero-order valence-corrected chi connectivity index (χ0v) is 15.1. The molecule has 0 aromatic heterocycles. The van der Waals surface area contributed by atoms with Gasteiger partial charge in [0.25, 0.3) is 0 Å². The van der Waals surface area contributed by atoms with E-state index in [-0.39, 0.29) is 24.3 Å². The van der Waals surface area contributed by atoms with Crippen molar-refractivity contribution in [2.24, 2.45) is 0 Å². The number of carbonyl (C=O) groups excluding carboxylic acids is 2. The Labute approximate surface area is 152 Å². The van der Waals surface area contributed by atoms with Crippen LogP contribution < -0.4 is 9.47 Å². The van der Waals surface area contributed by atoms with Gasteiger partial charge in [-0.2, -0.15) is 0 Å². The summed E-state index contributed by atoms with van der Waals surface area (Å²) in [6.45, 7) is 6.94. The molecule has 25 heavy (non-hydrogen) atoms. The van der Waals surface area contributed by atoms with E-state index in [4.69, 9.17) is 14.2 Å². The Balaban J connectivity index is 1.92. The number of ether oxygens (including phenoxy) is 3. The number of nitrogens with zero attached hydrogens (tertiary/aromatic N) is 1. The van der Waals surface area contributed by atoms with Crippen molar-refractivity contribution >= 4 is 23.6 Å². The molecule has 0 unspecified atom stereocenters. The first-order valence-electron chi connectivity index (χ1n) is 8.18. The van der Waals surface area contributed by atoms with Crippen molar-refractivity contribution in [1.82, 2.24) is 4.90 Å². The monoisotopic (exact) mass is 365 g/mol. The highest BCUT2D eigenvalue weighted by Crippen LogP contribution is 2.30. The van der Waals surface area contributed by atoms with Crippen molar-refractivity contribution in [3.8, 4) is 11.5 Å². The third-order valence-corrected chi connectivity index (χ3v) is 4.69. The van der Waals surface area contributed by atoms with E-state index >= 15 is 0 Å². The van der Waals surface area contributed by atoms with Gasteiger partial charge in [0.1, 0.15) is 25.0 Å². The van der Waals surface area contributed by atoms with Crippen molar-refractivity contribution in [2.45, 2.75) is 18.7 Å². The molecule has 1 aliphatic heterocycles. The molecule has 2 rings (SSSR count). The van der Waals surface area contributed by atoms with E-state index < -0.39 is 5.97 Å². The zero-order valence-electron chi connectivity index (χ0n) is 14.3. The minimum absolute atomic E-state index is 0.130. The summed E-state index contributed by atoms with van der Waals surface area (Å²) in [6, 6.07) is 7.37. The number of hydrogen-bond acceptors (Lipinski definition) is 6. The van der Waals surface area contributed by atoms with Crippen molar-refractivity contribution in [1.29, 1.82) is 0 Å². The van der Waals surface area contributed by atoms with Crippen LogP contribution in [0.5, 0.6) is 11.5 Å². The van der Waals surface area contributed by atoms with Crippen LogP contribution in [0.15, 0.2) is 36.9 Å². The summed E-state index contributed by atoms with van der Waals surface area (Å²) in [5, 5.41) is -0.130. The first-order valence-corrected chi connectivity index (χ1v) is 9.22. The van der Waals surface area contributed by atoms with E-state index in [9.17, 15) is 9.59 Å². The predicted octanol–water partition coefficient (Wildman–Crippen LogP) is 2.48. The Kier molecular flexibility index (Phi) is 7.66. The maximum Gasteiger partial charge on any atom is 0.315 e. The zero-order chi connectivity index (χ0) is 18.1. The molecule has 136 valence electrons. The van der Waals surface area contributed by atoms with E-state index in [1.165, 1.54) is 0 Å². The first kappa shape index (κ1) is 19.2. The summed E-state index contributed by atoms with van der Waals surface area (Å²) in [7, 11) is 0. The van der Waals surface area contributed by atoms with Crippen LogP contribution in [0.2, 0.25) is 0 Å². The molecular formula is C18H23NO5S. The molecule has 0 radical (unpaired) electrons. The molecule has 1 aromatic carbocycles. The summed E-state index contributed by atoms with van der Waals surface area (Å²) in [4.78, 5) is 25.5. The Morgan fingerprint density at radius 3 is 2.72 bits per heavy atom. The van der Waals surface area contributed by atoms with E-state index in [1.54, 1.807) is 29.7 Å². The predicted molar refractivity (Wildman–Crippen MR) is 96.8 cm³/mol. The second-order valence-electron chi connectivity index (χ2n) is 5.25. The quantitative estimate of drug-likeness (QED) is 0.381. The SMILES string of the molecule is C=CCOc1ccccc1OC[C@@H]1SCCN1C(=O)CC(=O)OCC. The number of hydrogen-bond donors (Lipinski definition) is 0. The van der Waals surface area contributed by atoms with Crippen molar-refractivity contribution in [2.75, 3.05) is 32.1 Å². The van der Waals surface area contributed by atoms with E-state index in [0.29, 0.717) is 31.3 Å². The van der Waals surface area contributed by atoms with Gasteiger partial charge >= 0.3 is 5.97 Å². The third-order valence-electron chi connectivity index (χ3n) is 3.50. The molecule has 0 N–H and O–H groups in total. The molecule has 0 aliphatic carbocycles. The molecule has 1 saturated heterocycles. The largest absolute Gasteiger partial charge is 0.487 e. The fourth-order valence-electron chi connectivity index (χ4n) is 2.38. The highest BCUT2D eigenvalue weighted by Gasteiger charge is 2.31. The highest BCUT2D eigenvalue weighted by molar-refractivity contribution is 8.00. The van der Waals surface area contributed by atoms with Gasteiger partial charge in [0, 0.05) is 12.3 Å². The molecule has 0 bridgehead atoms. The van der Waals surface area contributed by atoms with Gasteiger partial charge in [0.05, 0.1) is 6.61 Å². The topological polar surface area (TPSA) is 65.1 Å². The fraction of sp³-hybridized carbons (Fsp3) is 0.444. The van der Waals surface area contributed by atoms with Crippen molar-refractivity contribution < 1.29 is 23.8 Å². The van der Waals surface area contributed by atoms with Crippen LogP contribution >= 0.6 is 11.8 Å². The van der Waals surface area contributed by atoms with Crippen molar-refractivity contribution in [3.05, 3.63) is 36.9 Å². The first-order chi connectivity index (χ1) is 12.2. The Hall–Kier alpha value is -2.15. The normalized spacial score (nSPS) is 16.4. The average Bonchev–Trinajstić information content (AvgIpc) is 3.07. The van der Waals surface area contributed by atoms with Crippen LogP contribution in [0.1, 0.15) is 13.3 Å². The molecule has 7 heteroatoms. The molecule has 1 aromatic rings. The van der Waals surface area contributed by atoms with Crippen LogP contribution in [-0.4, -0.2) is 54.3 Å². The lowest BCUT2D eigenvalue weighted by atomic mass is 10.3. The molecule has 0 saturated carbocycles. The van der Waals surface area contributed by atoms with Gasteiger partial charge in [-0.1, -0.05) is 24.8 Å². The molecule has 1 amide bonds. The number of rotatable bonds is 9. The Morgan fingerprint density at radius 2 is 2.04 bits per heavy atom.